The first-order valence-corrected chi connectivity index (χ1v) is 8.26. The molecular formula is C17H20N6O2. The summed E-state index contributed by atoms with van der Waals surface area (Å²) in [5.74, 6) is 0.753. The molecule has 0 saturated carbocycles. The minimum absolute atomic E-state index is 0.0732. The summed E-state index contributed by atoms with van der Waals surface area (Å²) in [5.41, 5.74) is 2.49. The summed E-state index contributed by atoms with van der Waals surface area (Å²) in [6.45, 7) is 2.62. The number of hydrogen-bond acceptors (Lipinski definition) is 5. The number of hydrogen-bond donors (Lipinski definition) is 1. The van der Waals surface area contributed by atoms with Crippen molar-refractivity contribution in [2.75, 3.05) is 6.54 Å². The van der Waals surface area contributed by atoms with Gasteiger partial charge in [-0.3, -0.25) is 14.2 Å². The number of fused-ring (bicyclic) bond motifs is 1. The van der Waals surface area contributed by atoms with Gasteiger partial charge in [-0.25, -0.2) is 4.98 Å². The lowest BCUT2D eigenvalue weighted by molar-refractivity contribution is -0.119. The molecule has 1 aliphatic heterocycles. The monoisotopic (exact) mass is 340 g/mol. The molecule has 1 N–H and O–H groups in total. The molecule has 0 bridgehead atoms. The Labute approximate surface area is 144 Å². The van der Waals surface area contributed by atoms with E-state index in [0.717, 1.165) is 22.2 Å². The van der Waals surface area contributed by atoms with Gasteiger partial charge in [0.05, 0.1) is 22.8 Å². The molecule has 0 aromatic carbocycles. The number of carbonyl (C=O) groups excluding carboxylic acids is 1. The van der Waals surface area contributed by atoms with E-state index in [4.69, 9.17) is 9.72 Å². The second kappa shape index (κ2) is 5.87. The highest BCUT2D eigenvalue weighted by molar-refractivity contribution is 5.86. The van der Waals surface area contributed by atoms with Crippen LogP contribution in [0.15, 0.2) is 24.7 Å². The van der Waals surface area contributed by atoms with Crippen molar-refractivity contribution in [3.8, 4) is 17.1 Å². The molecular weight excluding hydrogens is 320 g/mol. The second-order valence-corrected chi connectivity index (χ2v) is 6.54. The largest absolute Gasteiger partial charge is 0.474 e. The molecule has 0 aliphatic carbocycles. The van der Waals surface area contributed by atoms with Crippen molar-refractivity contribution in [1.82, 2.24) is 29.9 Å². The third-order valence-corrected chi connectivity index (χ3v) is 4.55. The molecule has 25 heavy (non-hydrogen) atoms. The summed E-state index contributed by atoms with van der Waals surface area (Å²) >= 11 is 0. The van der Waals surface area contributed by atoms with Crippen LogP contribution >= 0.6 is 0 Å². The van der Waals surface area contributed by atoms with Gasteiger partial charge in [0.1, 0.15) is 6.10 Å². The molecule has 1 fully saturated rings. The zero-order chi connectivity index (χ0) is 17.6. The van der Waals surface area contributed by atoms with E-state index in [1.54, 1.807) is 15.6 Å². The average Bonchev–Trinajstić information content (AvgIpc) is 3.26. The quantitative estimate of drug-likeness (QED) is 0.773. The summed E-state index contributed by atoms with van der Waals surface area (Å²) in [7, 11) is 3.74. The van der Waals surface area contributed by atoms with Crippen molar-refractivity contribution >= 4 is 16.8 Å². The van der Waals surface area contributed by atoms with Gasteiger partial charge in [0.2, 0.25) is 11.8 Å². The number of ether oxygens (including phenoxy) is 1. The Hall–Kier alpha value is -2.90. The maximum absolute atomic E-state index is 11.5. The van der Waals surface area contributed by atoms with Crippen LogP contribution in [0, 0.1) is 5.92 Å². The average molecular weight is 340 g/mol. The highest BCUT2D eigenvalue weighted by atomic mass is 16.5. The van der Waals surface area contributed by atoms with Crippen molar-refractivity contribution in [2.45, 2.75) is 19.4 Å². The lowest BCUT2D eigenvalue weighted by atomic mass is 10.0. The van der Waals surface area contributed by atoms with E-state index in [1.165, 1.54) is 0 Å². The number of pyridine rings is 1. The molecule has 3 aromatic heterocycles. The van der Waals surface area contributed by atoms with Gasteiger partial charge < -0.3 is 10.1 Å². The van der Waals surface area contributed by atoms with Crippen LogP contribution in [0.4, 0.5) is 0 Å². The summed E-state index contributed by atoms with van der Waals surface area (Å²) in [5, 5.41) is 12.4. The van der Waals surface area contributed by atoms with Gasteiger partial charge in [-0.05, 0) is 13.0 Å². The van der Waals surface area contributed by atoms with Crippen molar-refractivity contribution < 1.29 is 9.53 Å². The molecule has 1 saturated heterocycles. The molecule has 4 rings (SSSR count). The maximum Gasteiger partial charge on any atom is 0.225 e. The maximum atomic E-state index is 11.5. The van der Waals surface area contributed by atoms with Crippen LogP contribution in [0.2, 0.25) is 0 Å². The smallest absolute Gasteiger partial charge is 0.225 e. The number of carbonyl (C=O) groups is 1. The normalized spacial score (nSPS) is 18.5. The molecule has 2 unspecified atom stereocenters. The standard InChI is InChI=1S/C17H20N6O2/c1-10(11-4-16(24)18-6-11)25-17-13-9-23(3)21-15(13)5-14(20-17)12-7-19-22(2)8-12/h5,7-11H,4,6H2,1-3H3,(H,18,24). The number of aromatic nitrogens is 5. The van der Waals surface area contributed by atoms with Crippen LogP contribution in [0.1, 0.15) is 13.3 Å². The first-order valence-electron chi connectivity index (χ1n) is 8.26. The first-order chi connectivity index (χ1) is 12.0. The minimum Gasteiger partial charge on any atom is -0.474 e. The molecule has 8 heteroatoms. The Morgan fingerprint density at radius 1 is 1.32 bits per heavy atom. The zero-order valence-corrected chi connectivity index (χ0v) is 14.4. The van der Waals surface area contributed by atoms with E-state index in [-0.39, 0.29) is 17.9 Å². The Balaban J connectivity index is 1.72. The third kappa shape index (κ3) is 2.95. The summed E-state index contributed by atoms with van der Waals surface area (Å²) in [6.07, 6.45) is 5.93. The van der Waals surface area contributed by atoms with Crippen molar-refractivity contribution in [3.05, 3.63) is 24.7 Å². The van der Waals surface area contributed by atoms with E-state index in [0.29, 0.717) is 18.8 Å². The predicted molar refractivity (Wildman–Crippen MR) is 91.9 cm³/mol. The van der Waals surface area contributed by atoms with Gasteiger partial charge in [0.25, 0.3) is 0 Å². The van der Waals surface area contributed by atoms with Crippen molar-refractivity contribution in [1.29, 1.82) is 0 Å². The molecule has 2 atom stereocenters. The van der Waals surface area contributed by atoms with Crippen molar-refractivity contribution in [2.24, 2.45) is 20.0 Å². The van der Waals surface area contributed by atoms with Crippen LogP contribution in [0.5, 0.6) is 5.88 Å². The molecule has 4 heterocycles. The fourth-order valence-corrected chi connectivity index (χ4v) is 3.13. The van der Waals surface area contributed by atoms with E-state index in [1.807, 2.05) is 39.5 Å². The van der Waals surface area contributed by atoms with E-state index in [9.17, 15) is 4.79 Å². The Bertz CT molecular complexity index is 944. The number of rotatable bonds is 4. The fraction of sp³-hybridized carbons (Fsp3) is 0.412. The van der Waals surface area contributed by atoms with Crippen LogP contribution in [-0.2, 0) is 18.9 Å². The van der Waals surface area contributed by atoms with Gasteiger partial charge in [0, 0.05) is 50.9 Å². The summed E-state index contributed by atoms with van der Waals surface area (Å²) in [6, 6.07) is 1.94. The molecule has 8 nitrogen and oxygen atoms in total. The molecule has 1 aliphatic rings. The van der Waals surface area contributed by atoms with Crippen molar-refractivity contribution in [3.63, 3.8) is 0 Å². The Morgan fingerprint density at radius 2 is 2.16 bits per heavy atom. The number of aryl methyl sites for hydroxylation is 2. The zero-order valence-electron chi connectivity index (χ0n) is 14.4. The predicted octanol–water partition coefficient (Wildman–Crippen LogP) is 1.27. The number of nitrogens with zero attached hydrogens (tertiary/aromatic N) is 5. The number of nitrogens with one attached hydrogen (secondary N) is 1. The summed E-state index contributed by atoms with van der Waals surface area (Å²) in [4.78, 5) is 16.2. The van der Waals surface area contributed by atoms with Crippen LogP contribution in [-0.4, -0.2) is 43.1 Å². The Morgan fingerprint density at radius 3 is 2.84 bits per heavy atom. The molecule has 1 amide bonds. The highest BCUT2D eigenvalue weighted by Gasteiger charge is 2.29. The highest BCUT2D eigenvalue weighted by Crippen LogP contribution is 2.30. The topological polar surface area (TPSA) is 86.9 Å². The van der Waals surface area contributed by atoms with E-state index in [2.05, 4.69) is 15.5 Å². The van der Waals surface area contributed by atoms with Crippen LogP contribution < -0.4 is 10.1 Å². The molecule has 0 radical (unpaired) electrons. The minimum atomic E-state index is -0.126. The van der Waals surface area contributed by atoms with Crippen LogP contribution in [0.3, 0.4) is 0 Å². The van der Waals surface area contributed by atoms with Gasteiger partial charge in [-0.1, -0.05) is 0 Å². The van der Waals surface area contributed by atoms with E-state index < -0.39 is 0 Å². The Kier molecular flexibility index (Phi) is 3.67. The first kappa shape index (κ1) is 15.6. The SMILES string of the molecule is CC(Oc1nc(-c2cnn(C)c2)cc2nn(C)cc12)C1CNC(=O)C1. The second-order valence-electron chi connectivity index (χ2n) is 6.54. The van der Waals surface area contributed by atoms with Gasteiger partial charge in [-0.2, -0.15) is 10.2 Å². The molecule has 0 spiro atoms. The molecule has 3 aromatic rings. The lowest BCUT2D eigenvalue weighted by Crippen LogP contribution is -2.26. The van der Waals surface area contributed by atoms with Crippen LogP contribution in [0.25, 0.3) is 22.2 Å². The van der Waals surface area contributed by atoms with Gasteiger partial charge in [0.15, 0.2) is 0 Å². The van der Waals surface area contributed by atoms with E-state index >= 15 is 0 Å². The number of amides is 1. The van der Waals surface area contributed by atoms with Gasteiger partial charge >= 0.3 is 0 Å². The third-order valence-electron chi connectivity index (χ3n) is 4.55. The lowest BCUT2D eigenvalue weighted by Gasteiger charge is -2.19. The molecule has 130 valence electrons. The van der Waals surface area contributed by atoms with Gasteiger partial charge in [-0.15, -0.1) is 0 Å². The summed E-state index contributed by atoms with van der Waals surface area (Å²) < 4.78 is 9.64. The fourth-order valence-electron chi connectivity index (χ4n) is 3.13.